The van der Waals surface area contributed by atoms with Gasteiger partial charge in [-0.15, -0.1) is 0 Å². The van der Waals surface area contributed by atoms with E-state index in [1.165, 1.54) is 13.8 Å². The molecular weight excluding hydrogens is 412 g/mol. The van der Waals surface area contributed by atoms with Crippen molar-refractivity contribution in [2.75, 3.05) is 6.61 Å². The van der Waals surface area contributed by atoms with Crippen LogP contribution in [0.1, 0.15) is 13.8 Å². The van der Waals surface area contributed by atoms with Crippen molar-refractivity contribution in [1.82, 2.24) is 0 Å². The van der Waals surface area contributed by atoms with E-state index < -0.39 is 86.0 Å². The summed E-state index contributed by atoms with van der Waals surface area (Å²) in [5.41, 5.74) is 0. The lowest BCUT2D eigenvalue weighted by atomic mass is 9.99. The number of hydrogen-bond donors (Lipinski definition) is 8. The molecule has 0 aromatic heterocycles. The molecule has 3 saturated heterocycles. The second kappa shape index (κ2) is 9.54. The molecule has 0 bridgehead atoms. The molecule has 0 unspecified atom stereocenters. The van der Waals surface area contributed by atoms with Gasteiger partial charge < -0.3 is 64.5 Å². The van der Waals surface area contributed by atoms with E-state index in [9.17, 15) is 40.9 Å². The molecule has 0 aromatic carbocycles. The fourth-order valence-electron chi connectivity index (χ4n) is 3.61. The van der Waals surface area contributed by atoms with Crippen molar-refractivity contribution in [1.29, 1.82) is 0 Å². The minimum Gasteiger partial charge on any atom is -0.388 e. The second-order valence-electron chi connectivity index (χ2n) is 7.85. The fraction of sp³-hybridized carbons (Fsp3) is 1.00. The average molecular weight is 442 g/mol. The van der Waals surface area contributed by atoms with Gasteiger partial charge in [-0.3, -0.25) is 0 Å². The third-order valence-electron chi connectivity index (χ3n) is 5.65. The van der Waals surface area contributed by atoms with Crippen LogP contribution in [0.25, 0.3) is 0 Å². The van der Waals surface area contributed by atoms with Gasteiger partial charge >= 0.3 is 0 Å². The van der Waals surface area contributed by atoms with Crippen LogP contribution in [0.15, 0.2) is 0 Å². The highest BCUT2D eigenvalue weighted by Crippen LogP contribution is 2.29. The number of ether oxygens (including phenoxy) is 5. The van der Waals surface area contributed by atoms with Gasteiger partial charge in [0, 0.05) is 0 Å². The third-order valence-corrected chi connectivity index (χ3v) is 5.65. The van der Waals surface area contributed by atoms with E-state index in [2.05, 4.69) is 0 Å². The lowest BCUT2D eigenvalue weighted by Crippen LogP contribution is -2.63. The van der Waals surface area contributed by atoms with Crippen LogP contribution in [-0.2, 0) is 23.7 Å². The van der Waals surface area contributed by atoms with Gasteiger partial charge in [0.15, 0.2) is 18.9 Å². The van der Waals surface area contributed by atoms with Crippen LogP contribution < -0.4 is 0 Å². The van der Waals surface area contributed by atoms with Gasteiger partial charge in [0.1, 0.15) is 54.9 Å². The monoisotopic (exact) mass is 442 g/mol. The summed E-state index contributed by atoms with van der Waals surface area (Å²) in [6.45, 7) is 2.57. The second-order valence-corrected chi connectivity index (χ2v) is 7.85. The first kappa shape index (κ1) is 24.1. The summed E-state index contributed by atoms with van der Waals surface area (Å²) in [5.74, 6) is 0. The standard InChI is InChI=1S/C17H30O13/c1-4-7(18)10(21)12(23)16(27-4)29-6-3-26-15(25)14(9(6)20)30-17-13(24)11(22)8(19)5(2)28-17/h4-25H,3H2,1-2H3/t4-,5-,6+,7-,8-,9-,10+,11+,12+,13+,14+,15+,16-,17-/m0/s1. The summed E-state index contributed by atoms with van der Waals surface area (Å²) in [7, 11) is 0. The molecule has 13 nitrogen and oxygen atoms in total. The van der Waals surface area contributed by atoms with Gasteiger partial charge in [0.25, 0.3) is 0 Å². The van der Waals surface area contributed by atoms with Crippen LogP contribution in [0.4, 0.5) is 0 Å². The highest BCUT2D eigenvalue weighted by Gasteiger charge is 2.50. The molecule has 0 aromatic rings. The van der Waals surface area contributed by atoms with E-state index in [-0.39, 0.29) is 6.61 Å². The van der Waals surface area contributed by atoms with Gasteiger partial charge in [-0.05, 0) is 13.8 Å². The van der Waals surface area contributed by atoms with Crippen LogP contribution in [0.3, 0.4) is 0 Å². The third kappa shape index (κ3) is 4.63. The Bertz CT molecular complexity index is 566. The van der Waals surface area contributed by atoms with Gasteiger partial charge in [-0.1, -0.05) is 0 Å². The van der Waals surface area contributed by atoms with Crippen molar-refractivity contribution < 1.29 is 64.5 Å². The van der Waals surface area contributed by atoms with Crippen LogP contribution >= 0.6 is 0 Å². The molecule has 30 heavy (non-hydrogen) atoms. The molecular formula is C17H30O13. The minimum absolute atomic E-state index is 0.326. The maximum absolute atomic E-state index is 10.6. The summed E-state index contributed by atoms with van der Waals surface area (Å²) >= 11 is 0. The summed E-state index contributed by atoms with van der Waals surface area (Å²) in [6, 6.07) is 0. The van der Waals surface area contributed by atoms with Crippen molar-refractivity contribution in [3.05, 3.63) is 0 Å². The number of rotatable bonds is 4. The molecule has 3 aliphatic heterocycles. The Morgan fingerprint density at radius 1 is 0.600 bits per heavy atom. The van der Waals surface area contributed by atoms with Gasteiger partial charge in [0.2, 0.25) is 0 Å². The zero-order chi connectivity index (χ0) is 22.3. The molecule has 3 fully saturated rings. The average Bonchev–Trinajstić information content (AvgIpc) is 2.71. The number of hydrogen-bond acceptors (Lipinski definition) is 13. The molecule has 14 atom stereocenters. The Kier molecular flexibility index (Phi) is 7.67. The van der Waals surface area contributed by atoms with E-state index in [0.717, 1.165) is 0 Å². The molecule has 3 rings (SSSR count). The van der Waals surface area contributed by atoms with Crippen molar-refractivity contribution in [3.63, 3.8) is 0 Å². The number of aliphatic hydroxyl groups excluding tert-OH is 8. The van der Waals surface area contributed by atoms with Crippen molar-refractivity contribution >= 4 is 0 Å². The topological polar surface area (TPSA) is 208 Å². The van der Waals surface area contributed by atoms with Crippen LogP contribution in [0.2, 0.25) is 0 Å². The minimum atomic E-state index is -1.67. The van der Waals surface area contributed by atoms with Gasteiger partial charge in [0.05, 0.1) is 18.8 Å². The van der Waals surface area contributed by atoms with Crippen molar-refractivity contribution in [3.8, 4) is 0 Å². The van der Waals surface area contributed by atoms with Crippen LogP contribution in [0.5, 0.6) is 0 Å². The summed E-state index contributed by atoms with van der Waals surface area (Å²) < 4.78 is 26.7. The highest BCUT2D eigenvalue weighted by molar-refractivity contribution is 4.92. The smallest absolute Gasteiger partial charge is 0.187 e. The quantitative estimate of drug-likeness (QED) is 0.206. The summed E-state index contributed by atoms with van der Waals surface area (Å²) in [6.07, 6.45) is -19.7. The zero-order valence-electron chi connectivity index (χ0n) is 16.4. The maximum Gasteiger partial charge on any atom is 0.187 e. The lowest BCUT2D eigenvalue weighted by molar-refractivity contribution is -0.366. The predicted molar refractivity (Wildman–Crippen MR) is 92.4 cm³/mol. The molecule has 8 N–H and O–H groups in total. The Labute approximate surface area is 171 Å². The normalized spacial score (nSPS) is 55.4. The fourth-order valence-corrected chi connectivity index (χ4v) is 3.61. The Balaban J connectivity index is 1.66. The first-order chi connectivity index (χ1) is 14.0. The highest BCUT2D eigenvalue weighted by atomic mass is 16.7. The maximum atomic E-state index is 10.6. The molecule has 13 heteroatoms. The van der Waals surface area contributed by atoms with E-state index in [0.29, 0.717) is 0 Å². The first-order valence-corrected chi connectivity index (χ1v) is 9.71. The molecule has 0 spiro atoms. The molecule has 3 heterocycles. The van der Waals surface area contributed by atoms with Gasteiger partial charge in [-0.2, -0.15) is 0 Å². The Hall–Kier alpha value is -0.520. The molecule has 0 aliphatic carbocycles. The van der Waals surface area contributed by atoms with Gasteiger partial charge in [-0.25, -0.2) is 0 Å². The van der Waals surface area contributed by atoms with E-state index in [4.69, 9.17) is 23.7 Å². The van der Waals surface area contributed by atoms with Crippen LogP contribution in [0, 0.1) is 0 Å². The summed E-state index contributed by atoms with van der Waals surface area (Å²) in [4.78, 5) is 0. The molecule has 0 saturated carbocycles. The summed E-state index contributed by atoms with van der Waals surface area (Å²) in [5, 5.41) is 80.1. The zero-order valence-corrected chi connectivity index (χ0v) is 16.4. The van der Waals surface area contributed by atoms with E-state index in [1.54, 1.807) is 0 Å². The molecule has 176 valence electrons. The Morgan fingerprint density at radius 3 is 1.57 bits per heavy atom. The number of aliphatic hydroxyl groups is 8. The van der Waals surface area contributed by atoms with Crippen molar-refractivity contribution in [2.24, 2.45) is 0 Å². The molecule has 0 amide bonds. The predicted octanol–water partition coefficient (Wildman–Crippen LogP) is -4.88. The largest absolute Gasteiger partial charge is 0.388 e. The first-order valence-electron chi connectivity index (χ1n) is 9.71. The van der Waals surface area contributed by atoms with Crippen LogP contribution in [-0.4, -0.2) is 133 Å². The SMILES string of the molecule is C[C@@H]1O[C@@H](O[C@@H]2[C@@H](O)[C@H](O[C@@H]3O[C@@H](C)[C@H](O)[C@@H](O)[C@H]3O)CO[C@H]2O)[C@H](O)[C@H](O)[C@H]1O. The lowest BCUT2D eigenvalue weighted by Gasteiger charge is -2.45. The van der Waals surface area contributed by atoms with E-state index >= 15 is 0 Å². The molecule has 3 aliphatic rings. The Morgan fingerprint density at radius 2 is 1.07 bits per heavy atom. The molecule has 0 radical (unpaired) electrons. The van der Waals surface area contributed by atoms with Crippen molar-refractivity contribution in [2.45, 2.75) is 99.9 Å². The van der Waals surface area contributed by atoms with E-state index in [1.807, 2.05) is 0 Å².